The summed E-state index contributed by atoms with van der Waals surface area (Å²) in [6.45, 7) is 1.65. The van der Waals surface area contributed by atoms with Crippen LogP contribution in [0.15, 0.2) is 104 Å². The van der Waals surface area contributed by atoms with Crippen molar-refractivity contribution in [1.29, 1.82) is 0 Å². The minimum absolute atomic E-state index is 0.288. The van der Waals surface area contributed by atoms with Gasteiger partial charge in [0.1, 0.15) is 22.6 Å². The lowest BCUT2D eigenvalue weighted by Gasteiger charge is -2.39. The van der Waals surface area contributed by atoms with E-state index in [2.05, 4.69) is 19.8 Å². The van der Waals surface area contributed by atoms with Crippen LogP contribution in [0.5, 0.6) is 17.2 Å². The van der Waals surface area contributed by atoms with Crippen LogP contribution in [0.2, 0.25) is 0 Å². The van der Waals surface area contributed by atoms with Gasteiger partial charge in [0.25, 0.3) is 0 Å². The summed E-state index contributed by atoms with van der Waals surface area (Å²) >= 11 is 0. The Morgan fingerprint density at radius 3 is 2.15 bits per heavy atom. The van der Waals surface area contributed by atoms with Crippen LogP contribution in [0.1, 0.15) is 11.1 Å². The quantitative estimate of drug-likeness (QED) is 0.269. The molecule has 5 aromatic rings. The fourth-order valence-corrected chi connectivity index (χ4v) is 8.53. The number of hydrogen-bond donors (Lipinski definition) is 0. The molecule has 0 radical (unpaired) electrons. The molecule has 3 aromatic carbocycles. The van der Waals surface area contributed by atoms with Crippen molar-refractivity contribution in [3.63, 3.8) is 0 Å². The van der Waals surface area contributed by atoms with Crippen molar-refractivity contribution in [1.82, 2.24) is 9.97 Å². The summed E-state index contributed by atoms with van der Waals surface area (Å²) in [6, 6.07) is 25.4. The maximum atomic E-state index is 15.5. The van der Waals surface area contributed by atoms with Gasteiger partial charge < -0.3 is 23.8 Å². The average Bonchev–Trinajstić information content (AvgIpc) is 3.04. The maximum absolute atomic E-state index is 15.5. The number of aromatic nitrogens is 2. The summed E-state index contributed by atoms with van der Waals surface area (Å²) in [6.07, 6.45) is 7.11. The summed E-state index contributed by atoms with van der Waals surface area (Å²) in [4.78, 5) is 12.7. The smallest absolute Gasteiger partial charge is 0.311 e. The first-order chi connectivity index (χ1) is 20.2. The minimum Gasteiger partial charge on any atom is -0.473 e. The first-order valence-electron chi connectivity index (χ1n) is 13.4. The van der Waals surface area contributed by atoms with E-state index in [1.807, 2.05) is 85.1 Å². The lowest BCUT2D eigenvalue weighted by Crippen LogP contribution is -2.40. The number of para-hydroxylation sites is 1. The Morgan fingerprint density at radius 1 is 0.707 bits per heavy atom. The van der Waals surface area contributed by atoms with E-state index in [1.165, 1.54) is 0 Å². The van der Waals surface area contributed by atoms with Crippen LogP contribution in [-0.4, -0.2) is 23.4 Å². The molecule has 0 bridgehead atoms. The SMILES string of the molecule is O=P1(c2c3c(cc4c2OCN(c2cccnc2)C4)OCN(c2cccnc2)C3)Oc2ccccc2-c2ccccc21. The number of anilines is 2. The van der Waals surface area contributed by atoms with Crippen molar-refractivity contribution >= 4 is 29.4 Å². The van der Waals surface area contributed by atoms with Gasteiger partial charge in [-0.1, -0.05) is 36.4 Å². The maximum Gasteiger partial charge on any atom is 0.311 e. The van der Waals surface area contributed by atoms with Gasteiger partial charge in [-0.3, -0.25) is 14.5 Å². The van der Waals surface area contributed by atoms with E-state index >= 15 is 4.57 Å². The van der Waals surface area contributed by atoms with Crippen LogP contribution in [0.25, 0.3) is 11.1 Å². The molecule has 8 rings (SSSR count). The first-order valence-corrected chi connectivity index (χ1v) is 15.0. The monoisotopic (exact) mass is 560 g/mol. The predicted molar refractivity (Wildman–Crippen MR) is 158 cm³/mol. The second-order valence-corrected chi connectivity index (χ2v) is 12.4. The van der Waals surface area contributed by atoms with Crippen LogP contribution in [0.3, 0.4) is 0 Å². The summed E-state index contributed by atoms with van der Waals surface area (Å²) in [5, 5.41) is 1.22. The van der Waals surface area contributed by atoms with E-state index in [0.717, 1.165) is 33.6 Å². The van der Waals surface area contributed by atoms with Gasteiger partial charge in [-0.25, -0.2) is 0 Å². The van der Waals surface area contributed by atoms with E-state index in [-0.39, 0.29) is 6.73 Å². The van der Waals surface area contributed by atoms with Gasteiger partial charge in [0, 0.05) is 29.1 Å². The van der Waals surface area contributed by atoms with Crippen molar-refractivity contribution in [2.45, 2.75) is 13.1 Å². The first kappa shape index (κ1) is 24.0. The van der Waals surface area contributed by atoms with Crippen LogP contribution in [0.4, 0.5) is 11.4 Å². The van der Waals surface area contributed by atoms with Gasteiger partial charge in [0.2, 0.25) is 0 Å². The minimum atomic E-state index is -3.70. The number of nitrogens with zero attached hydrogens (tertiary/aromatic N) is 4. The molecule has 2 aromatic heterocycles. The molecule has 0 amide bonds. The van der Waals surface area contributed by atoms with Crippen molar-refractivity contribution in [2.75, 3.05) is 23.3 Å². The van der Waals surface area contributed by atoms with E-state index in [0.29, 0.717) is 47.7 Å². The van der Waals surface area contributed by atoms with Crippen LogP contribution in [-0.2, 0) is 17.7 Å². The fraction of sp³-hybridized carbons (Fsp3) is 0.125. The van der Waals surface area contributed by atoms with E-state index in [4.69, 9.17) is 14.0 Å². The third kappa shape index (κ3) is 3.86. The molecule has 1 unspecified atom stereocenters. The van der Waals surface area contributed by atoms with Crippen LogP contribution < -0.4 is 34.4 Å². The predicted octanol–water partition coefficient (Wildman–Crippen LogP) is 5.48. The highest BCUT2D eigenvalue weighted by atomic mass is 31.2. The molecule has 0 spiro atoms. The zero-order valence-electron chi connectivity index (χ0n) is 22.0. The van der Waals surface area contributed by atoms with E-state index in [1.54, 1.807) is 18.6 Å². The molecule has 0 saturated heterocycles. The average molecular weight is 561 g/mol. The highest BCUT2D eigenvalue weighted by molar-refractivity contribution is 7.75. The second kappa shape index (κ2) is 9.39. The summed E-state index contributed by atoms with van der Waals surface area (Å²) < 4.78 is 35.0. The number of ether oxygens (including phenoxy) is 2. The second-order valence-electron chi connectivity index (χ2n) is 10.2. The Morgan fingerprint density at radius 2 is 1.39 bits per heavy atom. The molecule has 0 saturated carbocycles. The number of pyridine rings is 2. The molecule has 0 aliphatic carbocycles. The van der Waals surface area contributed by atoms with E-state index < -0.39 is 7.37 Å². The Labute approximate surface area is 237 Å². The van der Waals surface area contributed by atoms with Crippen LogP contribution >= 0.6 is 7.37 Å². The summed E-state index contributed by atoms with van der Waals surface area (Å²) in [5.41, 5.74) is 5.37. The van der Waals surface area contributed by atoms with Crippen LogP contribution in [0, 0.1) is 0 Å². The highest BCUT2D eigenvalue weighted by Gasteiger charge is 2.45. The Balaban J connectivity index is 1.33. The third-order valence-electron chi connectivity index (χ3n) is 7.79. The summed E-state index contributed by atoms with van der Waals surface area (Å²) in [5.74, 6) is 1.87. The van der Waals surface area contributed by atoms with Crippen molar-refractivity contribution < 1.29 is 18.6 Å². The molecule has 0 fully saturated rings. The molecule has 0 N–H and O–H groups in total. The molecular formula is C32H25N4O4P. The Bertz CT molecular complexity index is 1830. The normalized spacial score (nSPS) is 18.5. The molecule has 3 aliphatic heterocycles. The van der Waals surface area contributed by atoms with Crippen molar-refractivity contribution in [2.24, 2.45) is 0 Å². The third-order valence-corrected chi connectivity index (χ3v) is 10.3. The number of fused-ring (bicyclic) bond motifs is 5. The molecule has 8 nitrogen and oxygen atoms in total. The molecular weight excluding hydrogens is 535 g/mol. The Hall–Kier alpha value is -4.81. The van der Waals surface area contributed by atoms with Gasteiger partial charge in [-0.15, -0.1) is 0 Å². The molecule has 202 valence electrons. The zero-order valence-corrected chi connectivity index (χ0v) is 22.9. The number of hydrogen-bond acceptors (Lipinski definition) is 8. The van der Waals surface area contributed by atoms with Crippen molar-refractivity contribution in [3.8, 4) is 28.4 Å². The zero-order chi connectivity index (χ0) is 27.4. The lowest BCUT2D eigenvalue weighted by atomic mass is 10.0. The van der Waals surface area contributed by atoms with Gasteiger partial charge >= 0.3 is 7.37 Å². The van der Waals surface area contributed by atoms with Crippen molar-refractivity contribution in [3.05, 3.63) is 115 Å². The molecule has 9 heteroatoms. The highest BCUT2D eigenvalue weighted by Crippen LogP contribution is 2.57. The van der Waals surface area contributed by atoms with Gasteiger partial charge in [0.05, 0.1) is 42.2 Å². The van der Waals surface area contributed by atoms with E-state index in [9.17, 15) is 0 Å². The van der Waals surface area contributed by atoms with Gasteiger partial charge in [-0.2, -0.15) is 0 Å². The largest absolute Gasteiger partial charge is 0.473 e. The summed E-state index contributed by atoms with van der Waals surface area (Å²) in [7, 11) is -3.70. The fourth-order valence-electron chi connectivity index (χ4n) is 5.86. The molecule has 5 heterocycles. The van der Waals surface area contributed by atoms with Gasteiger partial charge in [-0.05, 0) is 48.0 Å². The number of rotatable bonds is 3. The molecule has 3 aliphatic rings. The standard InChI is InChI=1S/C32H25N4O4P/c37-41(30-12-4-2-10-26(30)25-9-1-3-11-28(25)40-41)32-27-19-36(24-8-6-14-34-17-24)20-38-29(27)15-22-18-35(21-39-31(22)32)23-7-5-13-33-16-23/h1-17H,18-21H2. The van der Waals surface area contributed by atoms with Gasteiger partial charge in [0.15, 0.2) is 13.5 Å². The molecule has 1 atom stereocenters. The molecule has 41 heavy (non-hydrogen) atoms. The lowest BCUT2D eigenvalue weighted by molar-refractivity contribution is 0.276. The topological polar surface area (TPSA) is 77.0 Å². The Kier molecular flexibility index (Phi) is 5.50. The number of benzene rings is 3.